The molecule has 4 heterocycles. The lowest BCUT2D eigenvalue weighted by molar-refractivity contribution is 0.0523. The van der Waals surface area contributed by atoms with Gasteiger partial charge in [-0.15, -0.1) is 0 Å². The first-order valence-corrected chi connectivity index (χ1v) is 12.0. The molecule has 2 aromatic carbocycles. The van der Waals surface area contributed by atoms with Gasteiger partial charge in [-0.2, -0.15) is 5.10 Å². The number of carbonyl (C=O) groups is 1. The van der Waals surface area contributed by atoms with Crippen molar-refractivity contribution in [1.29, 1.82) is 0 Å². The van der Waals surface area contributed by atoms with Crippen LogP contribution in [0.1, 0.15) is 47.2 Å². The normalized spacial score (nSPS) is 22.1. The average molecular weight is 437 g/mol. The quantitative estimate of drug-likeness (QED) is 0.437. The van der Waals surface area contributed by atoms with E-state index in [2.05, 4.69) is 45.3 Å². The number of hydrogen-bond acceptors (Lipinski definition) is 3. The topological polar surface area (TPSA) is 51.0 Å². The second-order valence-corrected chi connectivity index (χ2v) is 9.51. The summed E-state index contributed by atoms with van der Waals surface area (Å²) >= 11 is 0. The van der Waals surface area contributed by atoms with E-state index in [0.717, 1.165) is 43.2 Å². The van der Waals surface area contributed by atoms with E-state index in [1.807, 2.05) is 47.5 Å². The third kappa shape index (κ3) is 3.82. The van der Waals surface area contributed by atoms with Crippen molar-refractivity contribution in [2.45, 2.75) is 50.7 Å². The largest absolute Gasteiger partial charge is 0.333 e. The Hall–Kier alpha value is -3.47. The Kier molecular flexibility index (Phi) is 5.17. The van der Waals surface area contributed by atoms with Crippen molar-refractivity contribution in [3.05, 3.63) is 96.1 Å². The van der Waals surface area contributed by atoms with Gasteiger partial charge in [0.25, 0.3) is 5.91 Å². The van der Waals surface area contributed by atoms with Crippen LogP contribution in [0.25, 0.3) is 10.8 Å². The summed E-state index contributed by atoms with van der Waals surface area (Å²) in [5.74, 6) is 0.810. The third-order valence-corrected chi connectivity index (χ3v) is 7.48. The molecule has 0 aliphatic carbocycles. The summed E-state index contributed by atoms with van der Waals surface area (Å²) < 4.78 is 1.88. The minimum Gasteiger partial charge on any atom is -0.333 e. The SMILES string of the molecule is O=C(c1ccccc1Cn1cccn1)N1C2CCC1CC(Cc1cccc3cnccc13)C2. The van der Waals surface area contributed by atoms with Crippen LogP contribution in [0.3, 0.4) is 0 Å². The number of carbonyl (C=O) groups excluding carboxylic acids is 1. The van der Waals surface area contributed by atoms with Crippen LogP contribution < -0.4 is 0 Å². The van der Waals surface area contributed by atoms with Crippen LogP contribution in [-0.2, 0) is 13.0 Å². The van der Waals surface area contributed by atoms with Crippen molar-refractivity contribution in [3.63, 3.8) is 0 Å². The summed E-state index contributed by atoms with van der Waals surface area (Å²) in [6.07, 6.45) is 13.0. The maximum atomic E-state index is 13.7. The summed E-state index contributed by atoms with van der Waals surface area (Å²) in [6, 6.07) is 19.3. The van der Waals surface area contributed by atoms with E-state index >= 15 is 0 Å². The van der Waals surface area contributed by atoms with E-state index in [1.54, 1.807) is 6.20 Å². The van der Waals surface area contributed by atoms with Crippen molar-refractivity contribution in [1.82, 2.24) is 19.7 Å². The molecule has 2 fully saturated rings. The lowest BCUT2D eigenvalue weighted by atomic mass is 9.84. The Balaban J connectivity index is 1.21. The second-order valence-electron chi connectivity index (χ2n) is 9.51. The number of hydrogen-bond donors (Lipinski definition) is 0. The molecule has 1 amide bonds. The van der Waals surface area contributed by atoms with Crippen molar-refractivity contribution >= 4 is 16.7 Å². The van der Waals surface area contributed by atoms with Crippen LogP contribution in [0.5, 0.6) is 0 Å². The molecular formula is C28H28N4O. The van der Waals surface area contributed by atoms with Gasteiger partial charge in [0.1, 0.15) is 0 Å². The molecule has 2 atom stereocenters. The van der Waals surface area contributed by atoms with Crippen LogP contribution in [-0.4, -0.2) is 37.7 Å². The number of aromatic nitrogens is 3. The number of pyridine rings is 1. The van der Waals surface area contributed by atoms with Crippen LogP contribution in [0.2, 0.25) is 0 Å². The molecule has 0 saturated carbocycles. The number of benzene rings is 2. The molecule has 0 radical (unpaired) electrons. The van der Waals surface area contributed by atoms with Crippen LogP contribution in [0, 0.1) is 5.92 Å². The predicted molar refractivity (Wildman–Crippen MR) is 129 cm³/mol. The van der Waals surface area contributed by atoms with Crippen LogP contribution in [0.4, 0.5) is 0 Å². The Morgan fingerprint density at radius 1 is 0.909 bits per heavy atom. The fourth-order valence-electron chi connectivity index (χ4n) is 6.04. The maximum absolute atomic E-state index is 13.7. The molecule has 6 rings (SSSR count). The van der Waals surface area contributed by atoms with Gasteiger partial charge in [0, 0.05) is 47.8 Å². The van der Waals surface area contributed by atoms with Gasteiger partial charge in [0.2, 0.25) is 0 Å². The first-order chi connectivity index (χ1) is 16.3. The zero-order chi connectivity index (χ0) is 22.2. The zero-order valence-electron chi connectivity index (χ0n) is 18.7. The van der Waals surface area contributed by atoms with Gasteiger partial charge in [0.05, 0.1) is 6.54 Å². The fraction of sp³-hybridized carbons (Fsp3) is 0.321. The van der Waals surface area contributed by atoms with Gasteiger partial charge in [-0.1, -0.05) is 36.4 Å². The first kappa shape index (κ1) is 20.2. The molecule has 166 valence electrons. The van der Waals surface area contributed by atoms with E-state index in [0.29, 0.717) is 24.5 Å². The summed E-state index contributed by atoms with van der Waals surface area (Å²) in [4.78, 5) is 20.2. The number of fused-ring (bicyclic) bond motifs is 3. The Labute approximate surface area is 194 Å². The predicted octanol–water partition coefficient (Wildman–Crippen LogP) is 5.11. The molecule has 2 bridgehead atoms. The average Bonchev–Trinajstić information content (AvgIpc) is 3.45. The second kappa shape index (κ2) is 8.47. The molecular weight excluding hydrogens is 408 g/mol. The maximum Gasteiger partial charge on any atom is 0.254 e. The van der Waals surface area contributed by atoms with E-state index in [1.165, 1.54) is 16.3 Å². The molecule has 2 aliphatic heterocycles. The lowest BCUT2D eigenvalue weighted by Gasteiger charge is -2.39. The molecule has 5 heteroatoms. The molecule has 5 nitrogen and oxygen atoms in total. The summed E-state index contributed by atoms with van der Waals surface area (Å²) in [5, 5.41) is 6.84. The highest BCUT2D eigenvalue weighted by molar-refractivity contribution is 5.96. The van der Waals surface area contributed by atoms with Gasteiger partial charge in [0.15, 0.2) is 0 Å². The van der Waals surface area contributed by atoms with Crippen molar-refractivity contribution in [2.24, 2.45) is 5.92 Å². The Bertz CT molecular complexity index is 1260. The first-order valence-electron chi connectivity index (χ1n) is 12.0. The number of piperidine rings is 1. The summed E-state index contributed by atoms with van der Waals surface area (Å²) in [7, 11) is 0. The molecule has 0 N–H and O–H groups in total. The van der Waals surface area contributed by atoms with Crippen LogP contribution in [0.15, 0.2) is 79.4 Å². The molecule has 2 saturated heterocycles. The highest BCUT2D eigenvalue weighted by atomic mass is 16.2. The van der Waals surface area contributed by atoms with Gasteiger partial charge >= 0.3 is 0 Å². The van der Waals surface area contributed by atoms with E-state index in [-0.39, 0.29) is 5.91 Å². The molecule has 2 aliphatic rings. The Morgan fingerprint density at radius 3 is 2.55 bits per heavy atom. The monoisotopic (exact) mass is 436 g/mol. The molecule has 33 heavy (non-hydrogen) atoms. The minimum absolute atomic E-state index is 0.194. The molecule has 2 aromatic heterocycles. The summed E-state index contributed by atoms with van der Waals surface area (Å²) in [6.45, 7) is 0.622. The smallest absolute Gasteiger partial charge is 0.254 e. The Morgan fingerprint density at radius 2 is 1.73 bits per heavy atom. The van der Waals surface area contributed by atoms with E-state index < -0.39 is 0 Å². The standard InChI is InChI=1S/C28H28N4O/c33-28(27-8-2-1-5-23(27)19-31-14-4-12-30-31)32-24-9-10-25(32)17-20(16-24)15-21-6-3-7-22-18-29-13-11-26(21)22/h1-8,11-14,18,20,24-25H,9-10,15-17,19H2. The summed E-state index contributed by atoms with van der Waals surface area (Å²) in [5.41, 5.74) is 3.27. The van der Waals surface area contributed by atoms with E-state index in [9.17, 15) is 4.79 Å². The fourth-order valence-corrected chi connectivity index (χ4v) is 6.04. The minimum atomic E-state index is 0.194. The van der Waals surface area contributed by atoms with Crippen molar-refractivity contribution in [2.75, 3.05) is 0 Å². The zero-order valence-corrected chi connectivity index (χ0v) is 18.7. The van der Waals surface area contributed by atoms with Crippen molar-refractivity contribution in [3.8, 4) is 0 Å². The van der Waals surface area contributed by atoms with Gasteiger partial charge in [-0.25, -0.2) is 0 Å². The highest BCUT2D eigenvalue weighted by Crippen LogP contribution is 2.41. The van der Waals surface area contributed by atoms with E-state index in [4.69, 9.17) is 0 Å². The lowest BCUT2D eigenvalue weighted by Crippen LogP contribution is -2.47. The molecule has 4 aromatic rings. The number of amides is 1. The highest BCUT2D eigenvalue weighted by Gasteiger charge is 2.43. The number of nitrogens with zero attached hydrogens (tertiary/aromatic N) is 4. The van der Waals surface area contributed by atoms with Gasteiger partial charge in [-0.05, 0) is 72.7 Å². The number of rotatable bonds is 5. The van der Waals surface area contributed by atoms with Crippen molar-refractivity contribution < 1.29 is 4.79 Å². The van der Waals surface area contributed by atoms with Gasteiger partial charge in [-0.3, -0.25) is 14.5 Å². The third-order valence-electron chi connectivity index (χ3n) is 7.48. The van der Waals surface area contributed by atoms with Gasteiger partial charge < -0.3 is 4.90 Å². The molecule has 0 spiro atoms. The molecule has 2 unspecified atom stereocenters. The van der Waals surface area contributed by atoms with Crippen LogP contribution >= 0.6 is 0 Å².